The van der Waals surface area contributed by atoms with Gasteiger partial charge in [-0.15, -0.1) is 11.8 Å². The Morgan fingerprint density at radius 3 is 2.58 bits per heavy atom. The SMILES string of the molecule is O=C(O)CSCC(=O)NC1CCCC1c1ccccc1C(F)(F)F. The summed E-state index contributed by atoms with van der Waals surface area (Å²) in [6.45, 7) is 0. The molecule has 0 heterocycles. The molecule has 1 aliphatic carbocycles. The normalized spacial score (nSPS) is 20.8. The summed E-state index contributed by atoms with van der Waals surface area (Å²) in [4.78, 5) is 22.3. The van der Waals surface area contributed by atoms with Crippen molar-refractivity contribution in [1.29, 1.82) is 0 Å². The molecule has 1 fully saturated rings. The highest BCUT2D eigenvalue weighted by molar-refractivity contribution is 8.00. The molecule has 0 radical (unpaired) electrons. The number of thioether (sulfide) groups is 1. The summed E-state index contributed by atoms with van der Waals surface area (Å²) in [5, 5.41) is 11.3. The first-order chi connectivity index (χ1) is 11.3. The molecule has 24 heavy (non-hydrogen) atoms. The molecular weight excluding hydrogens is 343 g/mol. The fraction of sp³-hybridized carbons (Fsp3) is 0.500. The molecule has 2 unspecified atom stereocenters. The molecule has 2 atom stereocenters. The van der Waals surface area contributed by atoms with Crippen LogP contribution in [0.3, 0.4) is 0 Å². The summed E-state index contributed by atoms with van der Waals surface area (Å²) >= 11 is 0.966. The Bertz CT molecular complexity index is 606. The summed E-state index contributed by atoms with van der Waals surface area (Å²) in [6.07, 6.45) is -2.48. The first-order valence-electron chi connectivity index (χ1n) is 7.54. The lowest BCUT2D eigenvalue weighted by Crippen LogP contribution is -2.38. The maximum Gasteiger partial charge on any atom is 0.416 e. The van der Waals surface area contributed by atoms with Gasteiger partial charge in [0, 0.05) is 12.0 Å². The predicted octanol–water partition coefficient (Wildman–Crippen LogP) is 3.28. The Kier molecular flexibility index (Phi) is 6.15. The molecule has 132 valence electrons. The van der Waals surface area contributed by atoms with Crippen molar-refractivity contribution >= 4 is 23.6 Å². The van der Waals surface area contributed by atoms with Crippen LogP contribution >= 0.6 is 11.8 Å². The molecule has 0 saturated heterocycles. The maximum absolute atomic E-state index is 13.2. The minimum Gasteiger partial charge on any atom is -0.481 e. The summed E-state index contributed by atoms with van der Waals surface area (Å²) in [6, 6.07) is 5.11. The third-order valence-corrected chi connectivity index (χ3v) is 4.90. The summed E-state index contributed by atoms with van der Waals surface area (Å²) in [5.41, 5.74) is -0.442. The van der Waals surface area contributed by atoms with Gasteiger partial charge in [0.25, 0.3) is 0 Å². The second-order valence-electron chi connectivity index (χ2n) is 5.68. The summed E-state index contributed by atoms with van der Waals surface area (Å²) < 4.78 is 39.6. The van der Waals surface area contributed by atoms with Crippen LogP contribution in [0.5, 0.6) is 0 Å². The Balaban J connectivity index is 2.06. The number of carboxylic acids is 1. The predicted molar refractivity (Wildman–Crippen MR) is 84.9 cm³/mol. The highest BCUT2D eigenvalue weighted by Crippen LogP contribution is 2.41. The number of rotatable bonds is 6. The molecule has 2 rings (SSSR count). The minimum atomic E-state index is -4.43. The fourth-order valence-corrected chi connectivity index (χ4v) is 3.61. The number of benzene rings is 1. The summed E-state index contributed by atoms with van der Waals surface area (Å²) in [7, 11) is 0. The lowest BCUT2D eigenvalue weighted by Gasteiger charge is -2.24. The van der Waals surface area contributed by atoms with E-state index in [9.17, 15) is 22.8 Å². The van der Waals surface area contributed by atoms with Crippen molar-refractivity contribution in [1.82, 2.24) is 5.32 Å². The molecule has 0 spiro atoms. The zero-order valence-corrected chi connectivity index (χ0v) is 13.6. The van der Waals surface area contributed by atoms with Crippen molar-refractivity contribution in [2.75, 3.05) is 11.5 Å². The second-order valence-corrected chi connectivity index (χ2v) is 6.67. The standard InChI is InChI=1S/C16H18F3NO3S/c17-16(18,19)12-6-2-1-4-10(12)11-5-3-7-13(11)20-14(21)8-24-9-15(22)23/h1-2,4,6,11,13H,3,5,7-9H2,(H,20,21)(H,22,23). The molecule has 4 nitrogen and oxygen atoms in total. The molecule has 1 aromatic rings. The van der Waals surface area contributed by atoms with Gasteiger partial charge in [0.05, 0.1) is 17.1 Å². The van der Waals surface area contributed by atoms with Crippen LogP contribution in [0.1, 0.15) is 36.3 Å². The highest BCUT2D eigenvalue weighted by Gasteiger charge is 2.38. The number of nitrogens with one attached hydrogen (secondary N) is 1. The number of amides is 1. The van der Waals surface area contributed by atoms with Crippen LogP contribution in [-0.2, 0) is 15.8 Å². The van der Waals surface area contributed by atoms with Crippen molar-refractivity contribution in [3.05, 3.63) is 35.4 Å². The van der Waals surface area contributed by atoms with E-state index < -0.39 is 17.7 Å². The van der Waals surface area contributed by atoms with Crippen LogP contribution in [-0.4, -0.2) is 34.5 Å². The molecule has 1 aliphatic rings. The Hall–Kier alpha value is -1.70. The second kappa shape index (κ2) is 7.92. The molecular formula is C16H18F3NO3S. The van der Waals surface area contributed by atoms with Gasteiger partial charge >= 0.3 is 12.1 Å². The topological polar surface area (TPSA) is 66.4 Å². The molecule has 0 aliphatic heterocycles. The number of hydrogen-bond acceptors (Lipinski definition) is 3. The molecule has 0 aromatic heterocycles. The number of aliphatic carboxylic acids is 1. The van der Waals surface area contributed by atoms with Gasteiger partial charge in [0.1, 0.15) is 0 Å². The third kappa shape index (κ3) is 4.90. The lowest BCUT2D eigenvalue weighted by molar-refractivity contribution is -0.138. The van der Waals surface area contributed by atoms with E-state index in [-0.39, 0.29) is 34.9 Å². The third-order valence-electron chi connectivity index (χ3n) is 3.99. The van der Waals surface area contributed by atoms with Gasteiger partial charge in [-0.05, 0) is 24.5 Å². The van der Waals surface area contributed by atoms with E-state index in [0.717, 1.165) is 24.2 Å². The van der Waals surface area contributed by atoms with E-state index in [1.165, 1.54) is 12.1 Å². The zero-order valence-electron chi connectivity index (χ0n) is 12.8. The smallest absolute Gasteiger partial charge is 0.416 e. The van der Waals surface area contributed by atoms with Crippen molar-refractivity contribution in [3.63, 3.8) is 0 Å². The van der Waals surface area contributed by atoms with Crippen LogP contribution < -0.4 is 5.32 Å². The number of carboxylic acid groups (broad SMARTS) is 1. The molecule has 8 heteroatoms. The number of carbonyl (C=O) groups excluding carboxylic acids is 1. The Morgan fingerprint density at radius 2 is 1.92 bits per heavy atom. The molecule has 1 amide bonds. The largest absolute Gasteiger partial charge is 0.481 e. The average Bonchev–Trinajstić information content (AvgIpc) is 2.94. The fourth-order valence-electron chi connectivity index (χ4n) is 3.06. The Labute approximate surface area is 141 Å². The van der Waals surface area contributed by atoms with Gasteiger partial charge < -0.3 is 10.4 Å². The van der Waals surface area contributed by atoms with Gasteiger partial charge in [-0.3, -0.25) is 9.59 Å². The minimum absolute atomic E-state index is 0.0174. The van der Waals surface area contributed by atoms with Crippen molar-refractivity contribution in [3.8, 4) is 0 Å². The monoisotopic (exact) mass is 361 g/mol. The van der Waals surface area contributed by atoms with Gasteiger partial charge in [-0.1, -0.05) is 24.6 Å². The van der Waals surface area contributed by atoms with Crippen molar-refractivity contribution in [2.45, 2.75) is 37.4 Å². The first kappa shape index (κ1) is 18.6. The van der Waals surface area contributed by atoms with Crippen LogP contribution in [0.25, 0.3) is 0 Å². The van der Waals surface area contributed by atoms with E-state index in [1.54, 1.807) is 6.07 Å². The molecule has 0 bridgehead atoms. The van der Waals surface area contributed by atoms with Gasteiger partial charge in [0.15, 0.2) is 0 Å². The zero-order chi connectivity index (χ0) is 17.7. The van der Waals surface area contributed by atoms with E-state index in [2.05, 4.69) is 5.32 Å². The van der Waals surface area contributed by atoms with E-state index in [4.69, 9.17) is 5.11 Å². The maximum atomic E-state index is 13.2. The van der Waals surface area contributed by atoms with Crippen LogP contribution in [0.4, 0.5) is 13.2 Å². The van der Waals surface area contributed by atoms with E-state index in [0.29, 0.717) is 12.8 Å². The van der Waals surface area contributed by atoms with E-state index >= 15 is 0 Å². The van der Waals surface area contributed by atoms with Crippen LogP contribution in [0.15, 0.2) is 24.3 Å². The van der Waals surface area contributed by atoms with Gasteiger partial charge in [-0.2, -0.15) is 13.2 Å². The molecule has 1 saturated carbocycles. The average molecular weight is 361 g/mol. The number of hydrogen-bond donors (Lipinski definition) is 2. The van der Waals surface area contributed by atoms with Crippen LogP contribution in [0.2, 0.25) is 0 Å². The Morgan fingerprint density at radius 1 is 1.21 bits per heavy atom. The number of halogens is 3. The van der Waals surface area contributed by atoms with Crippen LogP contribution in [0, 0.1) is 0 Å². The first-order valence-corrected chi connectivity index (χ1v) is 8.69. The van der Waals surface area contributed by atoms with Gasteiger partial charge in [0.2, 0.25) is 5.91 Å². The quantitative estimate of drug-likeness (QED) is 0.816. The van der Waals surface area contributed by atoms with Gasteiger partial charge in [-0.25, -0.2) is 0 Å². The summed E-state index contributed by atoms with van der Waals surface area (Å²) in [5.74, 6) is -1.93. The molecule has 2 N–H and O–H groups in total. The highest BCUT2D eigenvalue weighted by atomic mass is 32.2. The van der Waals surface area contributed by atoms with Crippen molar-refractivity contribution < 1.29 is 27.9 Å². The number of carbonyl (C=O) groups is 2. The van der Waals surface area contributed by atoms with Crippen molar-refractivity contribution in [2.24, 2.45) is 0 Å². The number of alkyl halides is 3. The van der Waals surface area contributed by atoms with E-state index in [1.807, 2.05) is 0 Å². The molecule has 1 aromatic carbocycles. The lowest BCUT2D eigenvalue weighted by atomic mass is 9.90.